The summed E-state index contributed by atoms with van der Waals surface area (Å²) in [6, 6.07) is 6.00. The molecule has 0 aliphatic carbocycles. The molecule has 7 heteroatoms. The van der Waals surface area contributed by atoms with Gasteiger partial charge >= 0.3 is 0 Å². The summed E-state index contributed by atoms with van der Waals surface area (Å²) in [5, 5.41) is 6.78. The van der Waals surface area contributed by atoms with Crippen molar-refractivity contribution in [2.24, 2.45) is 4.99 Å². The first-order chi connectivity index (χ1) is 13.3. The monoisotopic (exact) mass is 504 g/mol. The average Bonchev–Trinajstić information content (AvgIpc) is 2.97. The maximum Gasteiger partial charge on any atom is 0.191 e. The van der Waals surface area contributed by atoms with Gasteiger partial charge in [0.25, 0.3) is 0 Å². The molecule has 2 N–H and O–H groups in total. The van der Waals surface area contributed by atoms with Crippen LogP contribution in [0.3, 0.4) is 0 Å². The Balaban J connectivity index is 0.00000392. The summed E-state index contributed by atoms with van der Waals surface area (Å²) in [4.78, 5) is 6.91. The zero-order valence-electron chi connectivity index (χ0n) is 17.6. The fraction of sp³-hybridized carbons (Fsp3) is 0.667. The van der Waals surface area contributed by atoms with Crippen LogP contribution in [0.25, 0.3) is 0 Å². The van der Waals surface area contributed by atoms with Gasteiger partial charge in [-0.25, -0.2) is 0 Å². The molecule has 1 heterocycles. The molecule has 0 saturated carbocycles. The summed E-state index contributed by atoms with van der Waals surface area (Å²) in [7, 11) is 3.47. The number of ether oxygens (including phenoxy) is 2. The van der Waals surface area contributed by atoms with E-state index >= 15 is 0 Å². The molecule has 1 fully saturated rings. The molecule has 0 amide bonds. The predicted octanol–water partition coefficient (Wildman–Crippen LogP) is 3.64. The molecule has 160 valence electrons. The van der Waals surface area contributed by atoms with Crippen molar-refractivity contribution in [3.8, 4) is 11.5 Å². The van der Waals surface area contributed by atoms with Crippen LogP contribution < -0.4 is 20.1 Å². The van der Waals surface area contributed by atoms with Gasteiger partial charge in [0.2, 0.25) is 0 Å². The normalized spacial score (nSPS) is 15.3. The molecule has 0 spiro atoms. The lowest BCUT2D eigenvalue weighted by molar-refractivity contribution is 0.282. The Bertz CT molecular complexity index is 576. The zero-order chi connectivity index (χ0) is 19.3. The number of nitrogens with one attached hydrogen (secondary N) is 2. The van der Waals surface area contributed by atoms with Crippen LogP contribution in [0, 0.1) is 0 Å². The highest BCUT2D eigenvalue weighted by Gasteiger charge is 2.09. The molecule has 0 radical (unpaired) electrons. The molecular weight excluding hydrogens is 467 g/mol. The van der Waals surface area contributed by atoms with Gasteiger partial charge in [-0.15, -0.1) is 24.0 Å². The Labute approximate surface area is 187 Å². The second-order valence-electron chi connectivity index (χ2n) is 6.88. The van der Waals surface area contributed by atoms with Gasteiger partial charge < -0.3 is 25.0 Å². The van der Waals surface area contributed by atoms with Crippen LogP contribution in [0.2, 0.25) is 0 Å². The Hall–Kier alpha value is -1.22. The summed E-state index contributed by atoms with van der Waals surface area (Å²) < 4.78 is 11.0. The number of hydrogen-bond acceptors (Lipinski definition) is 4. The summed E-state index contributed by atoms with van der Waals surface area (Å²) in [6.45, 7) is 7.90. The Kier molecular flexibility index (Phi) is 13.1. The van der Waals surface area contributed by atoms with Crippen molar-refractivity contribution in [1.82, 2.24) is 15.5 Å². The number of rotatable bonds is 9. The largest absolute Gasteiger partial charge is 0.493 e. The van der Waals surface area contributed by atoms with Gasteiger partial charge in [0.1, 0.15) is 0 Å². The highest BCUT2D eigenvalue weighted by molar-refractivity contribution is 14.0. The van der Waals surface area contributed by atoms with Crippen LogP contribution in [0.4, 0.5) is 0 Å². The molecule has 1 aromatic rings. The first-order valence-electron chi connectivity index (χ1n) is 10.2. The average molecular weight is 504 g/mol. The topological polar surface area (TPSA) is 58.1 Å². The quantitative estimate of drug-likeness (QED) is 0.233. The fourth-order valence-corrected chi connectivity index (χ4v) is 3.38. The van der Waals surface area contributed by atoms with Crippen LogP contribution >= 0.6 is 24.0 Å². The number of nitrogens with zero attached hydrogens (tertiary/aromatic N) is 2. The predicted molar refractivity (Wildman–Crippen MR) is 127 cm³/mol. The van der Waals surface area contributed by atoms with E-state index in [9.17, 15) is 0 Å². The maximum absolute atomic E-state index is 5.64. The summed E-state index contributed by atoms with van der Waals surface area (Å²) >= 11 is 0. The maximum atomic E-state index is 5.64. The molecular formula is C21H37IN4O2. The van der Waals surface area contributed by atoms with Crippen molar-refractivity contribution in [2.75, 3.05) is 46.9 Å². The smallest absolute Gasteiger partial charge is 0.191 e. The van der Waals surface area contributed by atoms with Crippen LogP contribution in [0.15, 0.2) is 23.2 Å². The fourth-order valence-electron chi connectivity index (χ4n) is 3.38. The van der Waals surface area contributed by atoms with Crippen molar-refractivity contribution in [1.29, 1.82) is 0 Å². The second kappa shape index (κ2) is 14.7. The van der Waals surface area contributed by atoms with E-state index in [1.165, 1.54) is 45.3 Å². The number of hydrogen-bond donors (Lipinski definition) is 2. The molecule has 1 aliphatic rings. The van der Waals surface area contributed by atoms with E-state index in [4.69, 9.17) is 9.47 Å². The van der Waals surface area contributed by atoms with Gasteiger partial charge in [0, 0.05) is 20.1 Å². The molecule has 1 aromatic carbocycles. The third kappa shape index (κ3) is 8.86. The van der Waals surface area contributed by atoms with Crippen LogP contribution in [0.1, 0.15) is 44.6 Å². The van der Waals surface area contributed by atoms with E-state index in [1.54, 1.807) is 7.11 Å². The van der Waals surface area contributed by atoms with Crippen molar-refractivity contribution < 1.29 is 9.47 Å². The summed E-state index contributed by atoms with van der Waals surface area (Å²) in [5.74, 6) is 2.37. The molecule has 28 heavy (non-hydrogen) atoms. The van der Waals surface area contributed by atoms with Gasteiger partial charge in [-0.05, 0) is 63.5 Å². The lowest BCUT2D eigenvalue weighted by Crippen LogP contribution is -2.38. The molecule has 0 atom stereocenters. The van der Waals surface area contributed by atoms with Gasteiger partial charge in [-0.3, -0.25) is 4.99 Å². The minimum Gasteiger partial charge on any atom is -0.493 e. The molecule has 0 bridgehead atoms. The van der Waals surface area contributed by atoms with E-state index in [0.29, 0.717) is 13.2 Å². The lowest BCUT2D eigenvalue weighted by Gasteiger charge is -2.20. The Morgan fingerprint density at radius 3 is 2.50 bits per heavy atom. The molecule has 2 rings (SSSR count). The second-order valence-corrected chi connectivity index (χ2v) is 6.88. The van der Waals surface area contributed by atoms with Crippen molar-refractivity contribution >= 4 is 29.9 Å². The van der Waals surface area contributed by atoms with Crippen LogP contribution in [0.5, 0.6) is 11.5 Å². The van der Waals surface area contributed by atoms with Gasteiger partial charge in [-0.1, -0.05) is 18.9 Å². The number of likely N-dealkylation sites (tertiary alicyclic amines) is 1. The highest BCUT2D eigenvalue weighted by Crippen LogP contribution is 2.27. The van der Waals surface area contributed by atoms with Crippen LogP contribution in [-0.4, -0.2) is 57.8 Å². The van der Waals surface area contributed by atoms with Crippen molar-refractivity contribution in [2.45, 2.75) is 45.6 Å². The Morgan fingerprint density at radius 1 is 1.11 bits per heavy atom. The van der Waals surface area contributed by atoms with Crippen molar-refractivity contribution in [3.63, 3.8) is 0 Å². The molecule has 0 aromatic heterocycles. The third-order valence-corrected chi connectivity index (χ3v) is 4.85. The standard InChI is InChI=1S/C21H36N4O2.HI/c1-4-27-20-16-18(10-11-19(20)26-3)17-24-21(22-2)23-12-9-15-25-13-7-5-6-8-14-25;/h10-11,16H,4-9,12-15,17H2,1-3H3,(H2,22,23,24);1H. The number of halogens is 1. The Morgan fingerprint density at radius 2 is 1.86 bits per heavy atom. The highest BCUT2D eigenvalue weighted by atomic mass is 127. The minimum atomic E-state index is 0. The summed E-state index contributed by atoms with van der Waals surface area (Å²) in [6.07, 6.45) is 6.62. The van der Waals surface area contributed by atoms with E-state index in [-0.39, 0.29) is 24.0 Å². The van der Waals surface area contributed by atoms with Crippen molar-refractivity contribution in [3.05, 3.63) is 23.8 Å². The zero-order valence-corrected chi connectivity index (χ0v) is 20.0. The summed E-state index contributed by atoms with van der Waals surface area (Å²) in [5.41, 5.74) is 1.13. The number of benzene rings is 1. The molecule has 6 nitrogen and oxygen atoms in total. The molecule has 1 aliphatic heterocycles. The van der Waals surface area contributed by atoms with Gasteiger partial charge in [0.05, 0.1) is 13.7 Å². The van der Waals surface area contributed by atoms with Crippen LogP contribution in [-0.2, 0) is 6.54 Å². The number of guanidine groups is 1. The number of methoxy groups -OCH3 is 1. The van der Waals surface area contributed by atoms with E-state index in [0.717, 1.165) is 36.0 Å². The number of aliphatic imine (C=N–C) groups is 1. The minimum absolute atomic E-state index is 0. The molecule has 1 saturated heterocycles. The van der Waals surface area contributed by atoms with Gasteiger partial charge in [-0.2, -0.15) is 0 Å². The SMILES string of the molecule is CCOc1cc(CNC(=NC)NCCCN2CCCCCC2)ccc1OC.I. The first kappa shape index (κ1) is 24.8. The molecule has 0 unspecified atom stereocenters. The van der Waals surface area contributed by atoms with Gasteiger partial charge in [0.15, 0.2) is 17.5 Å². The van der Waals surface area contributed by atoms with E-state index in [1.807, 2.05) is 32.2 Å². The van der Waals surface area contributed by atoms with E-state index < -0.39 is 0 Å². The first-order valence-corrected chi connectivity index (χ1v) is 10.2. The van der Waals surface area contributed by atoms with E-state index in [2.05, 4.69) is 20.5 Å². The third-order valence-electron chi connectivity index (χ3n) is 4.85. The lowest BCUT2D eigenvalue weighted by atomic mass is 10.2.